The number of likely N-dealkylation sites (tertiary alicyclic amines) is 2. The van der Waals surface area contributed by atoms with Crippen LogP contribution in [0.15, 0.2) is 30.3 Å². The largest absolute Gasteiger partial charge is 0.396 e. The smallest absolute Gasteiger partial charge is 0.222 e. The van der Waals surface area contributed by atoms with Gasteiger partial charge in [0.05, 0.1) is 0 Å². The Labute approximate surface area is 158 Å². The molecule has 1 spiro atoms. The molecule has 0 atom stereocenters. The molecule has 4 nitrogen and oxygen atoms in total. The van der Waals surface area contributed by atoms with E-state index in [1.54, 1.807) is 0 Å². The fourth-order valence-electron chi connectivity index (χ4n) is 4.51. The van der Waals surface area contributed by atoms with Crippen molar-refractivity contribution in [1.82, 2.24) is 9.80 Å². The van der Waals surface area contributed by atoms with Gasteiger partial charge in [-0.25, -0.2) is 0 Å². The van der Waals surface area contributed by atoms with Gasteiger partial charge in [0.25, 0.3) is 0 Å². The van der Waals surface area contributed by atoms with Crippen LogP contribution in [0.1, 0.15) is 56.9 Å². The lowest BCUT2D eigenvalue weighted by atomic mass is 9.72. The van der Waals surface area contributed by atoms with Crippen molar-refractivity contribution in [3.05, 3.63) is 35.9 Å². The summed E-state index contributed by atoms with van der Waals surface area (Å²) < 4.78 is 0. The highest BCUT2D eigenvalue weighted by Crippen LogP contribution is 2.40. The monoisotopic (exact) mass is 358 g/mol. The molecule has 1 N–H and O–H groups in total. The summed E-state index contributed by atoms with van der Waals surface area (Å²) in [5.41, 5.74) is 1.58. The molecule has 2 aliphatic rings. The Kier molecular flexibility index (Phi) is 7.09. The molecule has 0 unspecified atom stereocenters. The number of hydrogen-bond donors (Lipinski definition) is 1. The molecule has 3 rings (SSSR count). The average molecular weight is 359 g/mol. The van der Waals surface area contributed by atoms with Crippen molar-refractivity contribution in [3.8, 4) is 0 Å². The number of rotatable bonds is 8. The zero-order chi connectivity index (χ0) is 18.2. The van der Waals surface area contributed by atoms with Crippen molar-refractivity contribution >= 4 is 5.91 Å². The third-order valence-electron chi connectivity index (χ3n) is 6.26. The van der Waals surface area contributed by atoms with Gasteiger partial charge in [-0.05, 0) is 62.7 Å². The number of benzene rings is 1. The fourth-order valence-corrected chi connectivity index (χ4v) is 4.51. The van der Waals surface area contributed by atoms with Crippen LogP contribution in [0.5, 0.6) is 0 Å². The van der Waals surface area contributed by atoms with E-state index in [9.17, 15) is 4.79 Å². The first kappa shape index (κ1) is 19.4. The first-order valence-corrected chi connectivity index (χ1v) is 10.4. The van der Waals surface area contributed by atoms with E-state index in [0.29, 0.717) is 24.3 Å². The van der Waals surface area contributed by atoms with E-state index in [4.69, 9.17) is 5.11 Å². The normalized spacial score (nSPS) is 20.7. The molecule has 4 heteroatoms. The quantitative estimate of drug-likeness (QED) is 0.724. The highest BCUT2D eigenvalue weighted by Gasteiger charge is 2.40. The summed E-state index contributed by atoms with van der Waals surface area (Å²) in [7, 11) is 0. The molecule has 0 radical (unpaired) electrons. The number of amides is 1. The summed E-state index contributed by atoms with van der Waals surface area (Å²) in [5, 5.41) is 8.85. The molecular weight excluding hydrogens is 324 g/mol. The first-order valence-electron chi connectivity index (χ1n) is 10.4. The Morgan fingerprint density at radius 1 is 0.962 bits per heavy atom. The van der Waals surface area contributed by atoms with Gasteiger partial charge in [-0.1, -0.05) is 43.2 Å². The molecular formula is C22H34N2O2. The number of aliphatic hydroxyl groups is 1. The molecule has 0 saturated carbocycles. The highest BCUT2D eigenvalue weighted by atomic mass is 16.2. The topological polar surface area (TPSA) is 43.8 Å². The van der Waals surface area contributed by atoms with Gasteiger partial charge in [0.1, 0.15) is 0 Å². The number of nitrogens with zero attached hydrogens (tertiary/aromatic N) is 2. The SMILES string of the molecule is O=C1CCC2(CCN(CCCCCCO)CC2)CN1Cc1ccccc1. The third kappa shape index (κ3) is 5.31. The van der Waals surface area contributed by atoms with Crippen molar-refractivity contribution in [2.75, 3.05) is 32.8 Å². The molecule has 1 aromatic carbocycles. The standard InChI is InChI=1S/C22H34N2O2/c25-17-7-2-1-6-14-23-15-12-22(13-16-23)11-10-21(26)24(19-22)18-20-8-4-3-5-9-20/h3-5,8-9,25H,1-2,6-7,10-19H2. The lowest BCUT2D eigenvalue weighted by Gasteiger charge is -2.47. The molecule has 2 saturated heterocycles. The number of carbonyl (C=O) groups excluding carboxylic acids is 1. The summed E-state index contributed by atoms with van der Waals surface area (Å²) in [6.45, 7) is 5.56. The maximum atomic E-state index is 12.4. The van der Waals surface area contributed by atoms with Crippen molar-refractivity contribution in [1.29, 1.82) is 0 Å². The summed E-state index contributed by atoms with van der Waals surface area (Å²) in [5.74, 6) is 0.325. The zero-order valence-corrected chi connectivity index (χ0v) is 16.0. The molecule has 26 heavy (non-hydrogen) atoms. The Morgan fingerprint density at radius 3 is 2.42 bits per heavy atom. The van der Waals surface area contributed by atoms with Gasteiger partial charge in [0, 0.05) is 26.1 Å². The van der Waals surface area contributed by atoms with Gasteiger partial charge in [0.15, 0.2) is 0 Å². The molecule has 0 aromatic heterocycles. The summed E-state index contributed by atoms with van der Waals surface area (Å²) in [6.07, 6.45) is 8.78. The van der Waals surface area contributed by atoms with Crippen molar-refractivity contribution in [3.63, 3.8) is 0 Å². The molecule has 144 valence electrons. The van der Waals surface area contributed by atoms with Crippen LogP contribution < -0.4 is 0 Å². The Balaban J connectivity index is 1.46. The molecule has 2 aliphatic heterocycles. The minimum atomic E-state index is 0.324. The average Bonchev–Trinajstić information content (AvgIpc) is 2.67. The highest BCUT2D eigenvalue weighted by molar-refractivity contribution is 5.77. The minimum Gasteiger partial charge on any atom is -0.396 e. The lowest BCUT2D eigenvalue weighted by molar-refractivity contribution is -0.139. The molecule has 0 aliphatic carbocycles. The number of hydrogen-bond acceptors (Lipinski definition) is 3. The Morgan fingerprint density at radius 2 is 1.69 bits per heavy atom. The molecule has 2 heterocycles. The third-order valence-corrected chi connectivity index (χ3v) is 6.26. The Hall–Kier alpha value is -1.39. The van der Waals surface area contributed by atoms with Crippen LogP contribution in [0.2, 0.25) is 0 Å². The first-order chi connectivity index (χ1) is 12.7. The predicted molar refractivity (Wildman–Crippen MR) is 105 cm³/mol. The number of piperidine rings is 2. The minimum absolute atomic E-state index is 0.324. The zero-order valence-electron chi connectivity index (χ0n) is 16.0. The second-order valence-electron chi connectivity index (χ2n) is 8.21. The maximum absolute atomic E-state index is 12.4. The fraction of sp³-hybridized carbons (Fsp3) is 0.682. The predicted octanol–water partition coefficient (Wildman–Crippen LogP) is 3.44. The van der Waals surface area contributed by atoms with Gasteiger partial charge in [0.2, 0.25) is 5.91 Å². The molecule has 1 amide bonds. The van der Waals surface area contributed by atoms with Crippen molar-refractivity contribution in [2.24, 2.45) is 5.41 Å². The van der Waals surface area contributed by atoms with Gasteiger partial charge < -0.3 is 14.9 Å². The lowest BCUT2D eigenvalue weighted by Crippen LogP contribution is -2.51. The van der Waals surface area contributed by atoms with E-state index < -0.39 is 0 Å². The van der Waals surface area contributed by atoms with Crippen LogP contribution in [0, 0.1) is 5.41 Å². The van der Waals surface area contributed by atoms with Crippen LogP contribution in [-0.4, -0.2) is 53.6 Å². The summed E-state index contributed by atoms with van der Waals surface area (Å²) in [4.78, 5) is 17.1. The number of aliphatic hydroxyl groups excluding tert-OH is 1. The van der Waals surface area contributed by atoms with Gasteiger partial charge in [-0.3, -0.25) is 4.79 Å². The van der Waals surface area contributed by atoms with Crippen LogP contribution >= 0.6 is 0 Å². The second kappa shape index (κ2) is 9.52. The van der Waals surface area contributed by atoms with Crippen LogP contribution in [0.3, 0.4) is 0 Å². The summed E-state index contributed by atoms with van der Waals surface area (Å²) >= 11 is 0. The van der Waals surface area contributed by atoms with Crippen molar-refractivity contribution in [2.45, 2.75) is 57.9 Å². The summed E-state index contributed by atoms with van der Waals surface area (Å²) in [6, 6.07) is 10.4. The van der Waals surface area contributed by atoms with Crippen LogP contribution in [-0.2, 0) is 11.3 Å². The molecule has 0 bridgehead atoms. The van der Waals surface area contributed by atoms with Crippen LogP contribution in [0.4, 0.5) is 0 Å². The van der Waals surface area contributed by atoms with E-state index in [1.165, 1.54) is 50.9 Å². The van der Waals surface area contributed by atoms with Crippen LogP contribution in [0.25, 0.3) is 0 Å². The number of carbonyl (C=O) groups is 1. The van der Waals surface area contributed by atoms with Crippen molar-refractivity contribution < 1.29 is 9.90 Å². The van der Waals surface area contributed by atoms with E-state index in [1.807, 2.05) is 6.07 Å². The molecule has 1 aromatic rings. The van der Waals surface area contributed by atoms with E-state index in [2.05, 4.69) is 34.1 Å². The van der Waals surface area contributed by atoms with E-state index in [0.717, 1.165) is 32.4 Å². The number of unbranched alkanes of at least 4 members (excludes halogenated alkanes) is 3. The van der Waals surface area contributed by atoms with Gasteiger partial charge in [-0.15, -0.1) is 0 Å². The second-order valence-corrected chi connectivity index (χ2v) is 8.21. The van der Waals surface area contributed by atoms with Gasteiger partial charge in [-0.2, -0.15) is 0 Å². The molecule has 2 fully saturated rings. The maximum Gasteiger partial charge on any atom is 0.222 e. The van der Waals surface area contributed by atoms with Gasteiger partial charge >= 0.3 is 0 Å². The Bertz CT molecular complexity index is 553. The van der Waals surface area contributed by atoms with E-state index in [-0.39, 0.29) is 0 Å². The van der Waals surface area contributed by atoms with E-state index >= 15 is 0 Å².